The maximum atomic E-state index is 13.8. The molecule has 184 valence electrons. The van der Waals surface area contributed by atoms with Gasteiger partial charge in [-0.2, -0.15) is 18.3 Å². The van der Waals surface area contributed by atoms with Crippen molar-refractivity contribution >= 4 is 17.7 Å². The van der Waals surface area contributed by atoms with Crippen LogP contribution in [0.4, 0.5) is 17.6 Å². The van der Waals surface area contributed by atoms with Gasteiger partial charge in [-0.25, -0.2) is 9.18 Å². The Morgan fingerprint density at radius 3 is 2.54 bits per heavy atom. The van der Waals surface area contributed by atoms with Gasteiger partial charge in [0.15, 0.2) is 0 Å². The van der Waals surface area contributed by atoms with Gasteiger partial charge >= 0.3 is 12.1 Å². The molecule has 7 nitrogen and oxygen atoms in total. The van der Waals surface area contributed by atoms with Crippen molar-refractivity contribution in [2.75, 3.05) is 13.2 Å². The van der Waals surface area contributed by atoms with Crippen LogP contribution in [0.15, 0.2) is 64.1 Å². The van der Waals surface area contributed by atoms with Crippen molar-refractivity contribution in [3.8, 4) is 11.3 Å². The fourth-order valence-corrected chi connectivity index (χ4v) is 4.38. The smallest absolute Gasteiger partial charge is 0.394 e. The molecule has 0 amide bonds. The number of alkyl halides is 3. The number of nitrogens with zero attached hydrogens (tertiary/aromatic N) is 4. The van der Waals surface area contributed by atoms with Gasteiger partial charge < -0.3 is 14.2 Å². The highest BCUT2D eigenvalue weighted by Gasteiger charge is 2.54. The number of fused-ring (bicyclic) bond motifs is 1. The van der Waals surface area contributed by atoms with Gasteiger partial charge in [0.05, 0.1) is 30.0 Å². The summed E-state index contributed by atoms with van der Waals surface area (Å²) >= 11 is 0. The lowest BCUT2D eigenvalue weighted by molar-refractivity contribution is -0.189. The number of pyridine rings is 1. The van der Waals surface area contributed by atoms with Crippen molar-refractivity contribution in [3.05, 3.63) is 65.6 Å². The third-order valence-corrected chi connectivity index (χ3v) is 5.92. The third-order valence-electron chi connectivity index (χ3n) is 5.92. The molecule has 0 spiro atoms. The molecule has 2 unspecified atom stereocenters. The van der Waals surface area contributed by atoms with Gasteiger partial charge in [-0.15, -0.1) is 5.10 Å². The first-order chi connectivity index (χ1) is 16.7. The third kappa shape index (κ3) is 4.81. The molecule has 1 N–H and O–H groups in total. The number of carbonyl (C=O) groups is 1. The lowest BCUT2D eigenvalue weighted by Gasteiger charge is -2.32. The van der Waals surface area contributed by atoms with Gasteiger partial charge in [0, 0.05) is 24.7 Å². The Hall–Kier alpha value is -3.60. The van der Waals surface area contributed by atoms with Crippen LogP contribution in [0.1, 0.15) is 29.3 Å². The molecule has 0 radical (unpaired) electrons. The van der Waals surface area contributed by atoms with Crippen LogP contribution >= 0.6 is 0 Å². The Labute approximate surface area is 197 Å². The topological polar surface area (TPSA) is 88.0 Å². The zero-order chi connectivity index (χ0) is 25.2. The summed E-state index contributed by atoms with van der Waals surface area (Å²) < 4.78 is 61.9. The van der Waals surface area contributed by atoms with E-state index >= 15 is 0 Å². The van der Waals surface area contributed by atoms with E-state index in [-0.39, 0.29) is 18.6 Å². The SMILES string of the molecule is CCOC(=O)c1cc2cc(CC3(C(CCO)C(F)(F)F)C=NN=N3)ccn2c1-c1ccc(F)cc1. The Bertz CT molecular complexity index is 1270. The average molecular weight is 490 g/mol. The Kier molecular flexibility index (Phi) is 6.70. The van der Waals surface area contributed by atoms with E-state index in [1.165, 1.54) is 24.3 Å². The van der Waals surface area contributed by atoms with Crippen LogP contribution in [0.25, 0.3) is 16.8 Å². The molecule has 1 aliphatic rings. The maximum absolute atomic E-state index is 13.8. The molecule has 2 aromatic heterocycles. The van der Waals surface area contributed by atoms with Crippen LogP contribution in [-0.2, 0) is 11.2 Å². The van der Waals surface area contributed by atoms with Crippen LogP contribution in [0, 0.1) is 11.7 Å². The van der Waals surface area contributed by atoms with Crippen molar-refractivity contribution in [3.63, 3.8) is 0 Å². The number of aliphatic hydroxyl groups excluding tert-OH is 1. The molecule has 0 saturated carbocycles. The van der Waals surface area contributed by atoms with E-state index in [9.17, 15) is 27.5 Å². The fraction of sp³-hybridized carbons (Fsp3) is 0.333. The molecular weight excluding hydrogens is 468 g/mol. The van der Waals surface area contributed by atoms with E-state index < -0.39 is 42.4 Å². The standard InChI is InChI=1S/C24H22F4N4O3/c1-2-35-22(34)19-12-18-11-15(7-9-32(18)21(19)16-3-5-17(25)6-4-16)13-23(14-29-31-30-23)20(8-10-33)24(26,27)28/h3-7,9,11-12,14,20,33H,2,8,10,13H2,1H3. The van der Waals surface area contributed by atoms with Crippen LogP contribution in [0.5, 0.6) is 0 Å². The van der Waals surface area contributed by atoms with Crippen LogP contribution < -0.4 is 0 Å². The Balaban J connectivity index is 1.79. The monoisotopic (exact) mass is 490 g/mol. The van der Waals surface area contributed by atoms with Crippen molar-refractivity contribution in [2.24, 2.45) is 21.4 Å². The predicted molar refractivity (Wildman–Crippen MR) is 120 cm³/mol. The minimum Gasteiger partial charge on any atom is -0.462 e. The number of hydrogen-bond acceptors (Lipinski definition) is 6. The lowest BCUT2D eigenvalue weighted by atomic mass is 9.78. The minimum atomic E-state index is -4.63. The highest BCUT2D eigenvalue weighted by Crippen LogP contribution is 2.42. The summed E-state index contributed by atoms with van der Waals surface area (Å²) in [5.41, 5.74) is 0.496. The molecule has 1 aromatic carbocycles. The van der Waals surface area contributed by atoms with Crippen molar-refractivity contribution < 1.29 is 32.2 Å². The summed E-state index contributed by atoms with van der Waals surface area (Å²) in [5, 5.41) is 20.1. The van der Waals surface area contributed by atoms with E-state index in [4.69, 9.17) is 4.74 Å². The molecule has 35 heavy (non-hydrogen) atoms. The van der Waals surface area contributed by atoms with Crippen molar-refractivity contribution in [1.29, 1.82) is 0 Å². The zero-order valence-corrected chi connectivity index (χ0v) is 18.7. The molecular formula is C24H22F4N4O3. The summed E-state index contributed by atoms with van der Waals surface area (Å²) in [7, 11) is 0. The van der Waals surface area contributed by atoms with E-state index in [0.717, 1.165) is 6.21 Å². The second kappa shape index (κ2) is 9.57. The van der Waals surface area contributed by atoms with Crippen molar-refractivity contribution in [2.45, 2.75) is 31.5 Å². The fourth-order valence-electron chi connectivity index (χ4n) is 4.38. The molecule has 0 saturated heterocycles. The van der Waals surface area contributed by atoms with Gasteiger partial charge in [0.1, 0.15) is 11.4 Å². The largest absolute Gasteiger partial charge is 0.462 e. The number of rotatable bonds is 8. The minimum absolute atomic E-state index is 0.148. The molecule has 2 atom stereocenters. The highest BCUT2D eigenvalue weighted by molar-refractivity contribution is 5.99. The number of ether oxygens (including phenoxy) is 1. The molecule has 4 rings (SSSR count). The Morgan fingerprint density at radius 1 is 1.20 bits per heavy atom. The van der Waals surface area contributed by atoms with E-state index in [2.05, 4.69) is 15.4 Å². The quantitative estimate of drug-likeness (QED) is 0.347. The number of hydrogen-bond donors (Lipinski definition) is 1. The summed E-state index contributed by atoms with van der Waals surface area (Å²) in [6.45, 7) is 1.15. The number of benzene rings is 1. The van der Waals surface area contributed by atoms with Gasteiger partial charge in [-0.1, -0.05) is 0 Å². The average Bonchev–Trinajstić information content (AvgIpc) is 3.42. The van der Waals surface area contributed by atoms with Crippen LogP contribution in [0.3, 0.4) is 0 Å². The Morgan fingerprint density at radius 2 is 1.94 bits per heavy atom. The van der Waals surface area contributed by atoms with Gasteiger partial charge in [0.2, 0.25) is 0 Å². The second-order valence-electron chi connectivity index (χ2n) is 8.17. The molecule has 0 bridgehead atoms. The summed E-state index contributed by atoms with van der Waals surface area (Å²) in [6, 6.07) is 10.4. The summed E-state index contributed by atoms with van der Waals surface area (Å²) in [6.07, 6.45) is -2.67. The van der Waals surface area contributed by atoms with Gasteiger partial charge in [-0.05, 0) is 72.2 Å². The molecule has 3 heterocycles. The van der Waals surface area contributed by atoms with Gasteiger partial charge in [0.25, 0.3) is 0 Å². The number of halogens is 4. The van der Waals surface area contributed by atoms with Crippen LogP contribution in [-0.4, -0.2) is 46.6 Å². The first-order valence-corrected chi connectivity index (χ1v) is 10.9. The zero-order valence-electron chi connectivity index (χ0n) is 18.7. The number of carbonyl (C=O) groups excluding carboxylic acids is 1. The predicted octanol–water partition coefficient (Wildman–Crippen LogP) is 5.22. The maximum Gasteiger partial charge on any atom is 0.394 e. The molecule has 0 aliphatic carbocycles. The van der Waals surface area contributed by atoms with E-state index in [1.54, 1.807) is 35.7 Å². The second-order valence-corrected chi connectivity index (χ2v) is 8.17. The van der Waals surface area contributed by atoms with Gasteiger partial charge in [-0.3, -0.25) is 0 Å². The number of aliphatic hydroxyl groups is 1. The number of esters is 1. The molecule has 0 fully saturated rings. The molecule has 11 heteroatoms. The number of aromatic nitrogens is 1. The first kappa shape index (κ1) is 24.5. The highest BCUT2D eigenvalue weighted by atomic mass is 19.4. The summed E-state index contributed by atoms with van der Waals surface area (Å²) in [5.74, 6) is -3.00. The van der Waals surface area contributed by atoms with Crippen LogP contribution in [0.2, 0.25) is 0 Å². The molecule has 1 aliphatic heterocycles. The summed E-state index contributed by atoms with van der Waals surface area (Å²) in [4.78, 5) is 12.7. The lowest BCUT2D eigenvalue weighted by Crippen LogP contribution is -2.47. The normalized spacial score (nSPS) is 18.3. The molecule has 3 aromatic rings. The first-order valence-electron chi connectivity index (χ1n) is 10.9. The van der Waals surface area contributed by atoms with Crippen molar-refractivity contribution in [1.82, 2.24) is 4.40 Å². The van der Waals surface area contributed by atoms with E-state index in [1.807, 2.05) is 0 Å². The van der Waals surface area contributed by atoms with E-state index in [0.29, 0.717) is 22.3 Å².